The Balaban J connectivity index is 2.06. The molecule has 0 aliphatic rings. The maximum atomic E-state index is 11.3. The molecule has 2 heterocycles. The summed E-state index contributed by atoms with van der Waals surface area (Å²) in [4.78, 5) is 20.0. The van der Waals surface area contributed by atoms with E-state index in [1.54, 1.807) is 6.33 Å². The molecule has 0 bridgehead atoms. The molecule has 0 spiro atoms. The van der Waals surface area contributed by atoms with Gasteiger partial charge < -0.3 is 14.4 Å². The number of benzene rings is 1. The van der Waals surface area contributed by atoms with E-state index in [9.17, 15) is 4.79 Å². The van der Waals surface area contributed by atoms with Crippen LogP contribution in [0, 0.1) is 0 Å². The van der Waals surface area contributed by atoms with Gasteiger partial charge in [-0.25, -0.2) is 4.98 Å². The molecule has 0 radical (unpaired) electrons. The van der Waals surface area contributed by atoms with Gasteiger partial charge in [-0.15, -0.1) is 0 Å². The minimum atomic E-state index is -0.700. The standard InChI is InChI=1S/C15H17N5O2/c1-9(21)18-15(2,3)14-17-13(22-19-14)10-6-5-7-11-12(10)20(4)8-16-11/h5-8H,1-4H3,(H,18,21). The topological polar surface area (TPSA) is 85.8 Å². The summed E-state index contributed by atoms with van der Waals surface area (Å²) >= 11 is 0. The Hall–Kier alpha value is -2.70. The van der Waals surface area contributed by atoms with E-state index < -0.39 is 5.54 Å². The number of aromatic nitrogens is 4. The summed E-state index contributed by atoms with van der Waals surface area (Å²) in [5.41, 5.74) is 1.90. The molecule has 0 saturated heterocycles. The molecule has 1 amide bonds. The lowest BCUT2D eigenvalue weighted by atomic mass is 10.1. The van der Waals surface area contributed by atoms with Crippen molar-refractivity contribution >= 4 is 16.9 Å². The van der Waals surface area contributed by atoms with E-state index in [0.29, 0.717) is 11.7 Å². The highest BCUT2D eigenvalue weighted by atomic mass is 16.5. The first kappa shape index (κ1) is 14.2. The zero-order valence-corrected chi connectivity index (χ0v) is 12.9. The van der Waals surface area contributed by atoms with E-state index >= 15 is 0 Å². The Labute approximate surface area is 127 Å². The van der Waals surface area contributed by atoms with Gasteiger partial charge in [-0.2, -0.15) is 4.98 Å². The van der Waals surface area contributed by atoms with Crippen LogP contribution in [0.4, 0.5) is 0 Å². The number of carbonyl (C=O) groups excluding carboxylic acids is 1. The van der Waals surface area contributed by atoms with E-state index in [-0.39, 0.29) is 5.91 Å². The zero-order chi connectivity index (χ0) is 15.9. The highest BCUT2D eigenvalue weighted by Crippen LogP contribution is 2.28. The fourth-order valence-electron chi connectivity index (χ4n) is 2.47. The second kappa shape index (κ2) is 4.94. The molecule has 0 saturated carbocycles. The molecular formula is C15H17N5O2. The number of aryl methyl sites for hydroxylation is 1. The molecule has 0 aliphatic heterocycles. The van der Waals surface area contributed by atoms with Crippen molar-refractivity contribution in [2.24, 2.45) is 7.05 Å². The van der Waals surface area contributed by atoms with Crippen molar-refractivity contribution in [2.45, 2.75) is 26.3 Å². The molecule has 1 aromatic carbocycles. The van der Waals surface area contributed by atoms with Crippen molar-refractivity contribution in [1.29, 1.82) is 0 Å². The van der Waals surface area contributed by atoms with Gasteiger partial charge in [0.05, 0.1) is 28.5 Å². The molecule has 7 heteroatoms. The Morgan fingerprint density at radius 3 is 2.86 bits per heavy atom. The highest BCUT2D eigenvalue weighted by molar-refractivity contribution is 5.89. The lowest BCUT2D eigenvalue weighted by Gasteiger charge is -2.20. The number of hydrogen-bond donors (Lipinski definition) is 1. The SMILES string of the molecule is CC(=O)NC(C)(C)c1noc(-c2cccc3ncn(C)c23)n1. The van der Waals surface area contributed by atoms with Crippen molar-refractivity contribution in [2.75, 3.05) is 0 Å². The van der Waals surface area contributed by atoms with Gasteiger partial charge in [0.25, 0.3) is 5.89 Å². The van der Waals surface area contributed by atoms with Crippen LogP contribution in [-0.4, -0.2) is 25.6 Å². The van der Waals surface area contributed by atoms with Crippen LogP contribution < -0.4 is 5.32 Å². The van der Waals surface area contributed by atoms with Crippen LogP contribution in [0.3, 0.4) is 0 Å². The van der Waals surface area contributed by atoms with Gasteiger partial charge in [-0.1, -0.05) is 11.2 Å². The van der Waals surface area contributed by atoms with Gasteiger partial charge in [0.15, 0.2) is 5.82 Å². The molecule has 7 nitrogen and oxygen atoms in total. The Morgan fingerprint density at radius 2 is 2.14 bits per heavy atom. The Morgan fingerprint density at radius 1 is 1.36 bits per heavy atom. The van der Waals surface area contributed by atoms with Crippen molar-refractivity contribution in [3.05, 3.63) is 30.4 Å². The fourth-order valence-corrected chi connectivity index (χ4v) is 2.47. The summed E-state index contributed by atoms with van der Waals surface area (Å²) in [6.45, 7) is 5.11. The maximum Gasteiger partial charge on any atom is 0.260 e. The maximum absolute atomic E-state index is 11.3. The first-order chi connectivity index (χ1) is 10.4. The third kappa shape index (κ3) is 2.34. The first-order valence-electron chi connectivity index (χ1n) is 6.92. The van der Waals surface area contributed by atoms with Gasteiger partial charge >= 0.3 is 0 Å². The van der Waals surface area contributed by atoms with Crippen LogP contribution in [0.5, 0.6) is 0 Å². The van der Waals surface area contributed by atoms with Crippen molar-refractivity contribution < 1.29 is 9.32 Å². The van der Waals surface area contributed by atoms with Crippen molar-refractivity contribution in [1.82, 2.24) is 25.0 Å². The number of amides is 1. The second-order valence-electron chi connectivity index (χ2n) is 5.76. The first-order valence-corrected chi connectivity index (χ1v) is 6.92. The van der Waals surface area contributed by atoms with E-state index in [2.05, 4.69) is 20.4 Å². The molecule has 0 fully saturated rings. The molecule has 3 aromatic rings. The minimum Gasteiger partial charge on any atom is -0.344 e. The lowest BCUT2D eigenvalue weighted by molar-refractivity contribution is -0.120. The highest BCUT2D eigenvalue weighted by Gasteiger charge is 2.28. The number of rotatable bonds is 3. The zero-order valence-electron chi connectivity index (χ0n) is 12.9. The number of hydrogen-bond acceptors (Lipinski definition) is 5. The molecule has 1 N–H and O–H groups in total. The molecular weight excluding hydrogens is 282 g/mol. The van der Waals surface area contributed by atoms with Crippen LogP contribution >= 0.6 is 0 Å². The van der Waals surface area contributed by atoms with Crippen LogP contribution in [-0.2, 0) is 17.4 Å². The van der Waals surface area contributed by atoms with E-state index in [1.165, 1.54) is 6.92 Å². The summed E-state index contributed by atoms with van der Waals surface area (Å²) in [7, 11) is 1.91. The molecule has 0 unspecified atom stereocenters. The molecule has 114 valence electrons. The molecule has 22 heavy (non-hydrogen) atoms. The van der Waals surface area contributed by atoms with Crippen molar-refractivity contribution in [3.8, 4) is 11.5 Å². The smallest absolute Gasteiger partial charge is 0.260 e. The third-order valence-electron chi connectivity index (χ3n) is 3.44. The monoisotopic (exact) mass is 299 g/mol. The second-order valence-corrected chi connectivity index (χ2v) is 5.76. The average Bonchev–Trinajstić information content (AvgIpc) is 3.05. The Bertz CT molecular complexity index is 847. The predicted octanol–water partition coefficient (Wildman–Crippen LogP) is 1.99. The van der Waals surface area contributed by atoms with Crippen LogP contribution in [0.15, 0.2) is 29.0 Å². The van der Waals surface area contributed by atoms with Gasteiger partial charge in [-0.3, -0.25) is 4.79 Å². The molecule has 0 aliphatic carbocycles. The number of fused-ring (bicyclic) bond motifs is 1. The third-order valence-corrected chi connectivity index (χ3v) is 3.44. The lowest BCUT2D eigenvalue weighted by Crippen LogP contribution is -2.40. The quantitative estimate of drug-likeness (QED) is 0.799. The number of nitrogens with zero attached hydrogens (tertiary/aromatic N) is 4. The fraction of sp³-hybridized carbons (Fsp3) is 0.333. The molecule has 0 atom stereocenters. The van der Waals surface area contributed by atoms with Crippen LogP contribution in [0.1, 0.15) is 26.6 Å². The minimum absolute atomic E-state index is 0.148. The summed E-state index contributed by atoms with van der Waals surface area (Å²) in [6.07, 6.45) is 1.74. The van der Waals surface area contributed by atoms with Crippen molar-refractivity contribution in [3.63, 3.8) is 0 Å². The number of para-hydroxylation sites is 1. The Kier molecular flexibility index (Phi) is 3.20. The summed E-state index contributed by atoms with van der Waals surface area (Å²) in [6, 6.07) is 5.73. The van der Waals surface area contributed by atoms with Gasteiger partial charge in [0, 0.05) is 14.0 Å². The van der Waals surface area contributed by atoms with E-state index in [0.717, 1.165) is 16.6 Å². The van der Waals surface area contributed by atoms with Gasteiger partial charge in [-0.05, 0) is 26.0 Å². The number of carbonyl (C=O) groups is 1. The van der Waals surface area contributed by atoms with E-state index in [1.807, 2.05) is 43.7 Å². The summed E-state index contributed by atoms with van der Waals surface area (Å²) in [5, 5.41) is 6.81. The summed E-state index contributed by atoms with van der Waals surface area (Å²) < 4.78 is 7.31. The molecule has 2 aromatic heterocycles. The average molecular weight is 299 g/mol. The van der Waals surface area contributed by atoms with Gasteiger partial charge in [0.1, 0.15) is 0 Å². The van der Waals surface area contributed by atoms with Crippen LogP contribution in [0.25, 0.3) is 22.5 Å². The largest absolute Gasteiger partial charge is 0.344 e. The van der Waals surface area contributed by atoms with E-state index in [4.69, 9.17) is 4.52 Å². The molecule has 3 rings (SSSR count). The van der Waals surface area contributed by atoms with Gasteiger partial charge in [0.2, 0.25) is 5.91 Å². The number of nitrogens with one attached hydrogen (secondary N) is 1. The van der Waals surface area contributed by atoms with Crippen LogP contribution in [0.2, 0.25) is 0 Å². The predicted molar refractivity (Wildman–Crippen MR) is 80.8 cm³/mol. The number of imidazole rings is 1. The summed E-state index contributed by atoms with van der Waals surface area (Å²) in [5.74, 6) is 0.685. The normalized spacial score (nSPS) is 11.8.